The number of carbonyl (C=O) groups is 1. The van der Waals surface area contributed by atoms with Crippen LogP contribution in [0.3, 0.4) is 0 Å². The van der Waals surface area contributed by atoms with Crippen molar-refractivity contribution in [2.24, 2.45) is 10.9 Å². The van der Waals surface area contributed by atoms with Gasteiger partial charge in [-0.25, -0.2) is 4.99 Å². The molecule has 0 saturated carbocycles. The SMILES string of the molecule is CC(C)C1=C(C(=O)N2CC(N(C)C)C2)SC2=NC(C)(c3ccc(Cl)cc3)C(c3ccc(Cl)cc3)N21. The monoisotopic (exact) mass is 528 g/mol. The number of allylic oxidation sites excluding steroid dienone is 1. The number of halogens is 2. The van der Waals surface area contributed by atoms with Gasteiger partial charge < -0.3 is 14.7 Å². The highest BCUT2D eigenvalue weighted by molar-refractivity contribution is 8.18. The number of amides is 1. The highest BCUT2D eigenvalue weighted by Gasteiger charge is 2.53. The lowest BCUT2D eigenvalue weighted by Gasteiger charge is -2.43. The molecule has 0 N–H and O–H groups in total. The van der Waals surface area contributed by atoms with Gasteiger partial charge in [-0.3, -0.25) is 4.79 Å². The maximum Gasteiger partial charge on any atom is 0.262 e. The van der Waals surface area contributed by atoms with Crippen LogP contribution in [-0.4, -0.2) is 59.0 Å². The van der Waals surface area contributed by atoms with Crippen LogP contribution in [0.2, 0.25) is 10.0 Å². The fraction of sp³-hybridized carbons (Fsp3) is 0.407. The van der Waals surface area contributed by atoms with Crippen molar-refractivity contribution in [1.82, 2.24) is 14.7 Å². The van der Waals surface area contributed by atoms with E-state index in [0.717, 1.165) is 40.0 Å². The number of hydrogen-bond donors (Lipinski definition) is 0. The van der Waals surface area contributed by atoms with E-state index in [0.29, 0.717) is 16.1 Å². The van der Waals surface area contributed by atoms with Crippen molar-refractivity contribution >= 4 is 46.0 Å². The van der Waals surface area contributed by atoms with Crippen molar-refractivity contribution in [3.63, 3.8) is 0 Å². The highest BCUT2D eigenvalue weighted by Crippen LogP contribution is 2.56. The molecular weight excluding hydrogens is 499 g/mol. The Labute approximate surface area is 221 Å². The van der Waals surface area contributed by atoms with E-state index in [1.165, 1.54) is 11.8 Å². The largest absolute Gasteiger partial charge is 0.335 e. The van der Waals surface area contributed by atoms with Crippen molar-refractivity contribution in [3.8, 4) is 0 Å². The predicted octanol–water partition coefficient (Wildman–Crippen LogP) is 6.01. The van der Waals surface area contributed by atoms with Crippen molar-refractivity contribution in [2.75, 3.05) is 27.2 Å². The van der Waals surface area contributed by atoms with Gasteiger partial charge in [0.25, 0.3) is 5.91 Å². The third kappa shape index (κ3) is 4.18. The minimum Gasteiger partial charge on any atom is -0.335 e. The molecule has 35 heavy (non-hydrogen) atoms. The van der Waals surface area contributed by atoms with Crippen molar-refractivity contribution in [1.29, 1.82) is 0 Å². The molecule has 2 aromatic rings. The molecular formula is C27H30Cl2N4OS. The maximum absolute atomic E-state index is 13.6. The summed E-state index contributed by atoms with van der Waals surface area (Å²) in [5.74, 6) is 0.263. The van der Waals surface area contributed by atoms with E-state index in [9.17, 15) is 4.79 Å². The number of nitrogens with zero attached hydrogens (tertiary/aromatic N) is 4. The fourth-order valence-corrected chi connectivity index (χ4v) is 6.78. The third-order valence-corrected chi connectivity index (χ3v) is 8.81. The zero-order valence-electron chi connectivity index (χ0n) is 20.6. The second-order valence-corrected chi connectivity index (χ2v) is 12.0. The Kier molecular flexibility index (Phi) is 6.45. The lowest BCUT2D eigenvalue weighted by atomic mass is 9.81. The van der Waals surface area contributed by atoms with Crippen LogP contribution < -0.4 is 0 Å². The Morgan fingerprint density at radius 1 is 1.06 bits per heavy atom. The molecule has 0 spiro atoms. The predicted molar refractivity (Wildman–Crippen MR) is 146 cm³/mol. The van der Waals surface area contributed by atoms with Crippen LogP contribution >= 0.6 is 35.0 Å². The van der Waals surface area contributed by atoms with E-state index < -0.39 is 5.54 Å². The van der Waals surface area contributed by atoms with Gasteiger partial charge >= 0.3 is 0 Å². The average molecular weight is 530 g/mol. The van der Waals surface area contributed by atoms with Gasteiger partial charge in [-0.05, 0) is 74.1 Å². The molecule has 2 aromatic carbocycles. The smallest absolute Gasteiger partial charge is 0.262 e. The van der Waals surface area contributed by atoms with Crippen LogP contribution in [0.25, 0.3) is 0 Å². The number of rotatable bonds is 5. The molecule has 5 nitrogen and oxygen atoms in total. The van der Waals surface area contributed by atoms with Gasteiger partial charge in [0, 0.05) is 34.9 Å². The first-order chi connectivity index (χ1) is 16.6. The number of hydrogen-bond acceptors (Lipinski definition) is 5. The molecule has 0 radical (unpaired) electrons. The normalized spacial score (nSPS) is 24.4. The summed E-state index contributed by atoms with van der Waals surface area (Å²) in [5.41, 5.74) is 2.68. The zero-order valence-corrected chi connectivity index (χ0v) is 23.0. The quantitative estimate of drug-likeness (QED) is 0.476. The number of thioether (sulfide) groups is 1. The van der Waals surface area contributed by atoms with Gasteiger partial charge in [-0.2, -0.15) is 0 Å². The Morgan fingerprint density at radius 3 is 2.17 bits per heavy atom. The summed E-state index contributed by atoms with van der Waals surface area (Å²) in [6, 6.07) is 16.2. The molecule has 3 aliphatic heterocycles. The van der Waals surface area contributed by atoms with E-state index in [1.54, 1.807) is 0 Å². The summed E-state index contributed by atoms with van der Waals surface area (Å²) in [6.45, 7) is 8.00. The Hall–Kier alpha value is -1.99. The van der Waals surface area contributed by atoms with Crippen molar-refractivity contribution in [3.05, 3.63) is 80.3 Å². The molecule has 3 heterocycles. The molecule has 0 bridgehead atoms. The summed E-state index contributed by atoms with van der Waals surface area (Å²) in [7, 11) is 4.13. The molecule has 1 fully saturated rings. The van der Waals surface area contributed by atoms with Crippen LogP contribution in [0.5, 0.6) is 0 Å². The molecule has 1 amide bonds. The van der Waals surface area contributed by atoms with Crippen molar-refractivity contribution < 1.29 is 4.79 Å². The van der Waals surface area contributed by atoms with E-state index in [2.05, 4.69) is 68.9 Å². The summed E-state index contributed by atoms with van der Waals surface area (Å²) in [6.07, 6.45) is 0. The Morgan fingerprint density at radius 2 is 1.63 bits per heavy atom. The maximum atomic E-state index is 13.6. The van der Waals surface area contributed by atoms with Gasteiger partial charge in [0.05, 0.1) is 6.04 Å². The number of fused-ring (bicyclic) bond motifs is 1. The van der Waals surface area contributed by atoms with Crippen LogP contribution in [0.1, 0.15) is 37.9 Å². The number of carbonyl (C=O) groups excluding carboxylic acids is 1. The van der Waals surface area contributed by atoms with Gasteiger partial charge in [-0.15, -0.1) is 0 Å². The third-order valence-electron chi connectivity index (χ3n) is 7.25. The van der Waals surface area contributed by atoms with Gasteiger partial charge in [-0.1, -0.05) is 61.3 Å². The van der Waals surface area contributed by atoms with Crippen LogP contribution in [0.4, 0.5) is 0 Å². The van der Waals surface area contributed by atoms with Crippen molar-refractivity contribution in [2.45, 2.75) is 38.4 Å². The average Bonchev–Trinajstić information content (AvgIpc) is 3.26. The van der Waals surface area contributed by atoms with E-state index in [-0.39, 0.29) is 17.9 Å². The summed E-state index contributed by atoms with van der Waals surface area (Å²) >= 11 is 14.0. The first-order valence-electron chi connectivity index (χ1n) is 11.9. The number of amidine groups is 1. The minimum atomic E-state index is -0.553. The Balaban J connectivity index is 1.58. The molecule has 3 aliphatic rings. The molecule has 2 unspecified atom stereocenters. The number of benzene rings is 2. The first kappa shape index (κ1) is 24.7. The lowest BCUT2D eigenvalue weighted by molar-refractivity contribution is -0.132. The van der Waals surface area contributed by atoms with Crippen LogP contribution in [-0.2, 0) is 10.3 Å². The molecule has 0 aliphatic carbocycles. The molecule has 5 rings (SSSR count). The van der Waals surface area contributed by atoms with E-state index in [1.807, 2.05) is 29.2 Å². The topological polar surface area (TPSA) is 39.2 Å². The molecule has 0 aromatic heterocycles. The molecule has 184 valence electrons. The van der Waals surface area contributed by atoms with Gasteiger partial charge in [0.15, 0.2) is 5.17 Å². The summed E-state index contributed by atoms with van der Waals surface area (Å²) in [5, 5.41) is 2.27. The summed E-state index contributed by atoms with van der Waals surface area (Å²) < 4.78 is 0. The number of likely N-dealkylation sites (N-methyl/N-ethyl adjacent to an activating group) is 1. The number of aliphatic imine (C=N–C) groups is 1. The first-order valence-corrected chi connectivity index (χ1v) is 13.5. The highest BCUT2D eigenvalue weighted by atomic mass is 35.5. The summed E-state index contributed by atoms with van der Waals surface area (Å²) in [4.78, 5) is 26.1. The standard InChI is InChI=1S/C27H30Cl2N4OS/c1-16(2)22-23(25(34)32-14-21(15-32)31(4)5)35-26-30-27(3,18-8-12-20(29)13-9-18)24(33(22)26)17-6-10-19(28)11-7-17/h6-13,16,21,24H,14-15H2,1-5H3. The second-order valence-electron chi connectivity index (χ2n) is 10.2. The fourth-order valence-electron chi connectivity index (χ4n) is 5.16. The van der Waals surface area contributed by atoms with E-state index in [4.69, 9.17) is 28.2 Å². The molecule has 8 heteroatoms. The number of likely N-dealkylation sites (tertiary alicyclic amines) is 1. The Bertz CT molecular complexity index is 1200. The van der Waals surface area contributed by atoms with Gasteiger partial charge in [0.2, 0.25) is 0 Å². The molecule has 2 atom stereocenters. The van der Waals surface area contributed by atoms with Gasteiger partial charge in [0.1, 0.15) is 10.4 Å². The second kappa shape index (κ2) is 9.15. The minimum absolute atomic E-state index is 0.108. The van der Waals surface area contributed by atoms with E-state index >= 15 is 0 Å². The lowest BCUT2D eigenvalue weighted by Crippen LogP contribution is -2.59. The zero-order chi connectivity index (χ0) is 25.1. The van der Waals surface area contributed by atoms with Crippen LogP contribution in [0.15, 0.2) is 64.1 Å². The van der Waals surface area contributed by atoms with Crippen LogP contribution in [0, 0.1) is 5.92 Å². The molecule has 1 saturated heterocycles.